The molecule has 1 aliphatic rings. The fraction of sp³-hybridized carbons (Fsp3) is 0.176. The van der Waals surface area contributed by atoms with Crippen molar-refractivity contribution in [3.8, 4) is 5.75 Å². The molecule has 0 aromatic heterocycles. The molecule has 0 spiro atoms. The summed E-state index contributed by atoms with van der Waals surface area (Å²) in [4.78, 5) is 11.0. The Labute approximate surface area is 147 Å². The largest absolute Gasteiger partial charge is 0.493 e. The zero-order valence-electron chi connectivity index (χ0n) is 12.9. The van der Waals surface area contributed by atoms with Crippen LogP contribution in [0.1, 0.15) is 12.5 Å². The first kappa shape index (κ1) is 16.3. The molecule has 0 aliphatic carbocycles. The maximum atomic E-state index is 11.5. The molecule has 7 heteroatoms. The highest BCUT2D eigenvalue weighted by atomic mass is 79.9. The van der Waals surface area contributed by atoms with Gasteiger partial charge in [0.1, 0.15) is 16.3 Å². The summed E-state index contributed by atoms with van der Waals surface area (Å²) in [5, 5.41) is 14.1. The predicted octanol–water partition coefficient (Wildman–Crippen LogP) is 2.89. The molecule has 122 valence electrons. The maximum absolute atomic E-state index is 11.5. The van der Waals surface area contributed by atoms with E-state index < -0.39 is 4.83 Å². The Morgan fingerprint density at radius 1 is 1.33 bits per heavy atom. The van der Waals surface area contributed by atoms with Crippen molar-refractivity contribution in [3.05, 3.63) is 42.0 Å². The highest BCUT2D eigenvalue weighted by Gasteiger charge is 2.23. The monoisotopic (exact) mass is 386 g/mol. The second-order valence-corrected chi connectivity index (χ2v) is 5.91. The molecule has 1 aliphatic heterocycles. The molecule has 0 saturated carbocycles. The van der Waals surface area contributed by atoms with E-state index in [1.54, 1.807) is 6.21 Å². The summed E-state index contributed by atoms with van der Waals surface area (Å²) >= 11 is 3.25. The topological polar surface area (TPSA) is 75.4 Å². The number of hydrogen-bond acceptors (Lipinski definition) is 5. The summed E-state index contributed by atoms with van der Waals surface area (Å²) in [6.07, 6.45) is 3.10. The van der Waals surface area contributed by atoms with Gasteiger partial charge in [0.05, 0.1) is 19.0 Å². The van der Waals surface area contributed by atoms with E-state index >= 15 is 0 Å². The minimum atomic E-state index is -0.564. The number of nitrogens with zero attached hydrogens (tertiary/aromatic N) is 3. The van der Waals surface area contributed by atoms with Crippen molar-refractivity contribution in [2.45, 2.75) is 11.8 Å². The Bertz CT molecular complexity index is 861. The number of nitrogens with one attached hydrogen (secondary N) is 1. The lowest BCUT2D eigenvalue weighted by atomic mass is 10.0. The summed E-state index contributed by atoms with van der Waals surface area (Å²) in [5.74, 6) is 0.470. The SMILES string of the molecule is CCOc1ccc2ccccc2c1/C=N\N=C1\C=NNC(=O)C1Br. The van der Waals surface area contributed by atoms with E-state index in [1.807, 2.05) is 43.3 Å². The number of amides is 1. The quantitative estimate of drug-likeness (QED) is 0.498. The molecule has 1 heterocycles. The van der Waals surface area contributed by atoms with Crippen LogP contribution in [0.3, 0.4) is 0 Å². The van der Waals surface area contributed by atoms with Crippen LogP contribution in [-0.2, 0) is 4.79 Å². The van der Waals surface area contributed by atoms with Crippen LogP contribution in [0.2, 0.25) is 0 Å². The molecule has 2 aromatic carbocycles. The van der Waals surface area contributed by atoms with Gasteiger partial charge in [-0.15, -0.1) is 0 Å². The highest BCUT2D eigenvalue weighted by Crippen LogP contribution is 2.26. The number of alkyl halides is 1. The number of halogens is 1. The molecule has 24 heavy (non-hydrogen) atoms. The molecular weight excluding hydrogens is 372 g/mol. The van der Waals surface area contributed by atoms with Gasteiger partial charge in [-0.3, -0.25) is 4.79 Å². The molecular formula is C17H15BrN4O2. The highest BCUT2D eigenvalue weighted by molar-refractivity contribution is 9.10. The van der Waals surface area contributed by atoms with Crippen molar-refractivity contribution in [2.75, 3.05) is 6.61 Å². The van der Waals surface area contributed by atoms with Crippen molar-refractivity contribution < 1.29 is 9.53 Å². The van der Waals surface area contributed by atoms with E-state index in [0.29, 0.717) is 12.3 Å². The van der Waals surface area contributed by atoms with Crippen molar-refractivity contribution in [2.24, 2.45) is 15.3 Å². The predicted molar refractivity (Wildman–Crippen MR) is 99.5 cm³/mol. The normalized spacial score (nSPS) is 19.2. The van der Waals surface area contributed by atoms with Crippen LogP contribution < -0.4 is 10.2 Å². The van der Waals surface area contributed by atoms with E-state index in [-0.39, 0.29) is 5.91 Å². The fourth-order valence-corrected chi connectivity index (χ4v) is 2.65. The first-order chi connectivity index (χ1) is 11.7. The summed E-state index contributed by atoms with van der Waals surface area (Å²) in [5.41, 5.74) is 3.64. The Morgan fingerprint density at radius 2 is 2.17 bits per heavy atom. The van der Waals surface area contributed by atoms with Crippen LogP contribution in [0.25, 0.3) is 10.8 Å². The van der Waals surface area contributed by atoms with Gasteiger partial charge in [-0.25, -0.2) is 5.43 Å². The summed E-state index contributed by atoms with van der Waals surface area (Å²) in [6.45, 7) is 2.49. The third kappa shape index (κ3) is 3.35. The average Bonchev–Trinajstić information content (AvgIpc) is 2.60. The first-order valence-electron chi connectivity index (χ1n) is 7.43. The van der Waals surface area contributed by atoms with Gasteiger partial charge in [-0.2, -0.15) is 15.3 Å². The molecule has 1 N–H and O–H groups in total. The summed E-state index contributed by atoms with van der Waals surface area (Å²) < 4.78 is 5.69. The second kappa shape index (κ2) is 7.35. The molecule has 0 radical (unpaired) electrons. The van der Waals surface area contributed by atoms with E-state index in [2.05, 4.69) is 36.7 Å². The molecule has 2 aromatic rings. The van der Waals surface area contributed by atoms with Crippen molar-refractivity contribution >= 4 is 50.8 Å². The maximum Gasteiger partial charge on any atom is 0.260 e. The number of hydrazone groups is 1. The van der Waals surface area contributed by atoms with Gasteiger partial charge < -0.3 is 4.74 Å². The van der Waals surface area contributed by atoms with Crippen molar-refractivity contribution in [1.29, 1.82) is 0 Å². The van der Waals surface area contributed by atoms with Crippen LogP contribution in [-0.4, -0.2) is 35.5 Å². The molecule has 0 bridgehead atoms. The van der Waals surface area contributed by atoms with Gasteiger partial charge in [0, 0.05) is 5.56 Å². The van der Waals surface area contributed by atoms with Gasteiger partial charge in [0.25, 0.3) is 5.91 Å². The van der Waals surface area contributed by atoms with Crippen LogP contribution in [0, 0.1) is 0 Å². The molecule has 0 fully saturated rings. The van der Waals surface area contributed by atoms with E-state index in [4.69, 9.17) is 4.74 Å². The molecule has 0 saturated heterocycles. The van der Waals surface area contributed by atoms with Gasteiger partial charge in [0.15, 0.2) is 0 Å². The van der Waals surface area contributed by atoms with Gasteiger partial charge >= 0.3 is 0 Å². The fourth-order valence-electron chi connectivity index (χ4n) is 2.34. The van der Waals surface area contributed by atoms with Crippen LogP contribution in [0.5, 0.6) is 5.75 Å². The smallest absolute Gasteiger partial charge is 0.260 e. The average molecular weight is 387 g/mol. The van der Waals surface area contributed by atoms with Gasteiger partial charge in [-0.05, 0) is 23.8 Å². The Morgan fingerprint density at radius 3 is 3.00 bits per heavy atom. The van der Waals surface area contributed by atoms with Crippen molar-refractivity contribution in [1.82, 2.24) is 5.43 Å². The Balaban J connectivity index is 1.99. The number of carbonyl (C=O) groups is 1. The lowest BCUT2D eigenvalue weighted by Gasteiger charge is -2.11. The van der Waals surface area contributed by atoms with Crippen molar-refractivity contribution in [3.63, 3.8) is 0 Å². The Hall–Kier alpha value is -2.54. The molecule has 6 nitrogen and oxygen atoms in total. The molecule has 1 atom stereocenters. The van der Waals surface area contributed by atoms with Crippen LogP contribution in [0.15, 0.2) is 51.7 Å². The number of fused-ring (bicyclic) bond motifs is 1. The minimum absolute atomic E-state index is 0.272. The lowest BCUT2D eigenvalue weighted by Crippen LogP contribution is -2.38. The molecule has 3 rings (SSSR count). The van der Waals surface area contributed by atoms with Gasteiger partial charge in [-0.1, -0.05) is 46.3 Å². The number of ether oxygens (including phenoxy) is 1. The lowest BCUT2D eigenvalue weighted by molar-refractivity contribution is -0.119. The number of benzene rings is 2. The first-order valence-corrected chi connectivity index (χ1v) is 8.34. The van der Waals surface area contributed by atoms with E-state index in [1.165, 1.54) is 6.21 Å². The van der Waals surface area contributed by atoms with Crippen LogP contribution in [0.4, 0.5) is 0 Å². The molecule has 1 unspecified atom stereocenters. The summed E-state index contributed by atoms with van der Waals surface area (Å²) in [6, 6.07) is 11.9. The van der Waals surface area contributed by atoms with E-state index in [0.717, 1.165) is 22.1 Å². The zero-order valence-corrected chi connectivity index (χ0v) is 14.5. The zero-order chi connectivity index (χ0) is 16.9. The second-order valence-electron chi connectivity index (χ2n) is 5.00. The molecule has 1 amide bonds. The van der Waals surface area contributed by atoms with Gasteiger partial charge in [0.2, 0.25) is 0 Å². The Kier molecular flexibility index (Phi) is 5.00. The number of hydrogen-bond donors (Lipinski definition) is 1. The van der Waals surface area contributed by atoms with Crippen LogP contribution >= 0.6 is 15.9 Å². The van der Waals surface area contributed by atoms with E-state index in [9.17, 15) is 4.79 Å². The summed E-state index contributed by atoms with van der Waals surface area (Å²) in [7, 11) is 0. The third-order valence-electron chi connectivity index (χ3n) is 3.45. The minimum Gasteiger partial charge on any atom is -0.493 e. The number of rotatable bonds is 4. The third-order valence-corrected chi connectivity index (χ3v) is 4.34. The standard InChI is InChI=1S/C17H15BrN4O2/c1-2-24-15-8-7-11-5-3-4-6-12(11)13(15)9-19-21-14-10-20-22-17(23)16(14)18/h3-10,16H,2H2,1H3,(H,22,23)/b19-9-,21-14-. The number of carbonyl (C=O) groups excluding carboxylic acids is 1.